The van der Waals surface area contributed by atoms with Gasteiger partial charge in [0.25, 0.3) is 5.91 Å². The Morgan fingerprint density at radius 2 is 1.72 bits per heavy atom. The van der Waals surface area contributed by atoms with Crippen molar-refractivity contribution >= 4 is 33.0 Å². The van der Waals surface area contributed by atoms with Gasteiger partial charge in [-0.2, -0.15) is 0 Å². The van der Waals surface area contributed by atoms with E-state index in [0.29, 0.717) is 23.9 Å². The first kappa shape index (κ1) is 17.3. The zero-order valence-electron chi connectivity index (χ0n) is 14.0. The largest absolute Gasteiger partial charge is 0.306 e. The Morgan fingerprint density at radius 1 is 1.08 bits per heavy atom. The summed E-state index contributed by atoms with van der Waals surface area (Å²) >= 11 is 0. The standard InChI is InChI=1S/C18H19N3O3S/c1-12(2)11-21-16-6-4-3-5-15(16)17(18(21)22)20-13-7-9-14(10-8-13)25(19,23)24/h3-10,12H,11H2,1-2H3,(H2,19,23,24). The van der Waals surface area contributed by atoms with Crippen molar-refractivity contribution in [2.75, 3.05) is 11.4 Å². The molecular weight excluding hydrogens is 338 g/mol. The molecule has 6 nitrogen and oxygen atoms in total. The van der Waals surface area contributed by atoms with Crippen LogP contribution in [-0.2, 0) is 14.8 Å². The third-order valence-corrected chi connectivity index (χ3v) is 4.78. The topological polar surface area (TPSA) is 92.8 Å². The summed E-state index contributed by atoms with van der Waals surface area (Å²) in [5.41, 5.74) is 2.49. The van der Waals surface area contributed by atoms with Crippen molar-refractivity contribution in [1.29, 1.82) is 0 Å². The van der Waals surface area contributed by atoms with E-state index in [4.69, 9.17) is 5.14 Å². The predicted molar refractivity (Wildman–Crippen MR) is 97.6 cm³/mol. The zero-order chi connectivity index (χ0) is 18.2. The number of carbonyl (C=O) groups excluding carboxylic acids is 1. The maximum atomic E-state index is 12.8. The minimum absolute atomic E-state index is 0.0102. The lowest BCUT2D eigenvalue weighted by molar-refractivity contribution is -0.112. The Kier molecular flexibility index (Phi) is 4.45. The van der Waals surface area contributed by atoms with Crippen LogP contribution in [0, 0.1) is 5.92 Å². The summed E-state index contributed by atoms with van der Waals surface area (Å²) in [5.74, 6) is 0.177. The fraction of sp³-hybridized carbons (Fsp3) is 0.222. The number of anilines is 1. The predicted octanol–water partition coefficient (Wildman–Crippen LogP) is 2.46. The molecule has 0 unspecified atom stereocenters. The molecule has 130 valence electrons. The van der Waals surface area contributed by atoms with Gasteiger partial charge in [0.05, 0.1) is 16.3 Å². The number of hydrogen-bond donors (Lipinski definition) is 1. The van der Waals surface area contributed by atoms with Crippen LogP contribution in [0.2, 0.25) is 0 Å². The van der Waals surface area contributed by atoms with Crippen LogP contribution in [0.3, 0.4) is 0 Å². The van der Waals surface area contributed by atoms with Crippen molar-refractivity contribution < 1.29 is 13.2 Å². The van der Waals surface area contributed by atoms with Crippen molar-refractivity contribution in [1.82, 2.24) is 0 Å². The summed E-state index contributed by atoms with van der Waals surface area (Å²) in [6.07, 6.45) is 0. The second-order valence-electron chi connectivity index (χ2n) is 6.33. The van der Waals surface area contributed by atoms with Crippen LogP contribution < -0.4 is 10.0 Å². The SMILES string of the molecule is CC(C)CN1C(=O)C(=Nc2ccc(S(N)(=O)=O)cc2)c2ccccc21. The monoisotopic (exact) mass is 357 g/mol. The third kappa shape index (κ3) is 3.47. The van der Waals surface area contributed by atoms with Gasteiger partial charge in [-0.25, -0.2) is 18.5 Å². The van der Waals surface area contributed by atoms with Crippen LogP contribution in [0.4, 0.5) is 11.4 Å². The van der Waals surface area contributed by atoms with Gasteiger partial charge in [-0.05, 0) is 36.2 Å². The highest BCUT2D eigenvalue weighted by atomic mass is 32.2. The van der Waals surface area contributed by atoms with Gasteiger partial charge in [0, 0.05) is 12.1 Å². The quantitative estimate of drug-likeness (QED) is 0.911. The zero-order valence-corrected chi connectivity index (χ0v) is 14.8. The average molecular weight is 357 g/mol. The van der Waals surface area contributed by atoms with Crippen molar-refractivity contribution in [2.45, 2.75) is 18.7 Å². The Bertz CT molecular complexity index is 948. The fourth-order valence-corrected chi connectivity index (χ4v) is 3.27. The summed E-state index contributed by atoms with van der Waals surface area (Å²) in [6, 6.07) is 13.4. The summed E-state index contributed by atoms with van der Waals surface area (Å²) in [5, 5.41) is 5.10. The minimum atomic E-state index is -3.75. The number of nitrogens with zero attached hydrogens (tertiary/aromatic N) is 2. The smallest absolute Gasteiger partial charge is 0.277 e. The first-order valence-corrected chi connectivity index (χ1v) is 9.45. The van der Waals surface area contributed by atoms with Gasteiger partial charge < -0.3 is 4.90 Å². The molecular formula is C18H19N3O3S. The van der Waals surface area contributed by atoms with E-state index in [0.717, 1.165) is 11.3 Å². The molecule has 0 aromatic heterocycles. The maximum absolute atomic E-state index is 12.8. The van der Waals surface area contributed by atoms with E-state index >= 15 is 0 Å². The van der Waals surface area contributed by atoms with E-state index in [1.807, 2.05) is 24.3 Å². The number of sulfonamides is 1. The van der Waals surface area contributed by atoms with E-state index in [2.05, 4.69) is 18.8 Å². The second-order valence-corrected chi connectivity index (χ2v) is 7.89. The van der Waals surface area contributed by atoms with E-state index < -0.39 is 10.0 Å². The van der Waals surface area contributed by atoms with Gasteiger partial charge >= 0.3 is 0 Å². The molecule has 3 rings (SSSR count). The molecule has 0 saturated carbocycles. The summed E-state index contributed by atoms with van der Waals surface area (Å²) < 4.78 is 22.7. The van der Waals surface area contributed by atoms with Crippen LogP contribution in [0.1, 0.15) is 19.4 Å². The summed E-state index contributed by atoms with van der Waals surface area (Å²) in [6.45, 7) is 4.72. The Balaban J connectivity index is 2.02. The normalized spacial score (nSPS) is 15.9. The number of amides is 1. The Morgan fingerprint density at radius 3 is 2.32 bits per heavy atom. The molecule has 7 heteroatoms. The van der Waals surface area contributed by atoms with E-state index in [1.165, 1.54) is 24.3 Å². The molecule has 1 aliphatic rings. The maximum Gasteiger partial charge on any atom is 0.277 e. The van der Waals surface area contributed by atoms with Crippen molar-refractivity contribution in [3.05, 3.63) is 54.1 Å². The van der Waals surface area contributed by atoms with E-state index in [-0.39, 0.29) is 10.8 Å². The summed E-state index contributed by atoms with van der Waals surface area (Å²) in [7, 11) is -3.75. The third-order valence-electron chi connectivity index (χ3n) is 3.85. The number of nitrogens with two attached hydrogens (primary N) is 1. The minimum Gasteiger partial charge on any atom is -0.306 e. The summed E-state index contributed by atoms with van der Waals surface area (Å²) in [4.78, 5) is 19.0. The molecule has 0 atom stereocenters. The van der Waals surface area contributed by atoms with Gasteiger partial charge in [-0.15, -0.1) is 0 Å². The average Bonchev–Trinajstić information content (AvgIpc) is 2.80. The van der Waals surface area contributed by atoms with Crippen molar-refractivity contribution in [2.24, 2.45) is 16.0 Å². The highest BCUT2D eigenvalue weighted by Crippen LogP contribution is 2.31. The molecule has 0 radical (unpaired) electrons. The molecule has 0 aliphatic carbocycles. The molecule has 0 spiro atoms. The van der Waals surface area contributed by atoms with E-state index in [1.54, 1.807) is 4.90 Å². The molecule has 1 heterocycles. The molecule has 1 amide bonds. The molecule has 2 N–H and O–H groups in total. The number of fused-ring (bicyclic) bond motifs is 1. The van der Waals surface area contributed by atoms with Crippen LogP contribution in [0.5, 0.6) is 0 Å². The van der Waals surface area contributed by atoms with Gasteiger partial charge in [0.1, 0.15) is 5.71 Å². The molecule has 1 aliphatic heterocycles. The molecule has 0 bridgehead atoms. The number of rotatable bonds is 4. The fourth-order valence-electron chi connectivity index (χ4n) is 2.76. The second kappa shape index (κ2) is 6.42. The molecule has 0 saturated heterocycles. The first-order valence-electron chi connectivity index (χ1n) is 7.90. The number of hydrogen-bond acceptors (Lipinski definition) is 4. The Hall–Kier alpha value is -2.51. The molecule has 2 aromatic rings. The number of benzene rings is 2. The van der Waals surface area contributed by atoms with Crippen LogP contribution in [-0.4, -0.2) is 26.6 Å². The van der Waals surface area contributed by atoms with Crippen molar-refractivity contribution in [3.8, 4) is 0 Å². The first-order chi connectivity index (χ1) is 11.8. The number of carbonyl (C=O) groups is 1. The van der Waals surface area contributed by atoms with Crippen molar-refractivity contribution in [3.63, 3.8) is 0 Å². The highest BCUT2D eigenvalue weighted by molar-refractivity contribution is 7.89. The van der Waals surface area contributed by atoms with Gasteiger partial charge in [-0.1, -0.05) is 32.0 Å². The Labute approximate surface area is 147 Å². The number of para-hydroxylation sites is 1. The lowest BCUT2D eigenvalue weighted by Gasteiger charge is -2.18. The van der Waals surface area contributed by atoms with Crippen LogP contribution in [0.15, 0.2) is 58.4 Å². The van der Waals surface area contributed by atoms with Crippen LogP contribution >= 0.6 is 0 Å². The molecule has 0 fully saturated rings. The molecule has 2 aromatic carbocycles. The number of aliphatic imine (C=N–C) groups is 1. The van der Waals surface area contributed by atoms with Gasteiger partial charge in [0.2, 0.25) is 10.0 Å². The number of primary sulfonamides is 1. The molecule has 25 heavy (non-hydrogen) atoms. The lowest BCUT2D eigenvalue weighted by Crippen LogP contribution is -2.33. The van der Waals surface area contributed by atoms with Crippen LogP contribution in [0.25, 0.3) is 0 Å². The van der Waals surface area contributed by atoms with Gasteiger partial charge in [0.15, 0.2) is 0 Å². The van der Waals surface area contributed by atoms with E-state index in [9.17, 15) is 13.2 Å². The highest BCUT2D eigenvalue weighted by Gasteiger charge is 2.33. The van der Waals surface area contributed by atoms with Gasteiger partial charge in [-0.3, -0.25) is 4.79 Å². The lowest BCUT2D eigenvalue weighted by atomic mass is 10.1.